The van der Waals surface area contributed by atoms with Crippen LogP contribution in [-0.4, -0.2) is 19.8 Å². The van der Waals surface area contributed by atoms with E-state index in [9.17, 15) is 0 Å². The van der Waals surface area contributed by atoms with Crippen molar-refractivity contribution >= 4 is 0 Å². The van der Waals surface area contributed by atoms with Crippen LogP contribution in [0.2, 0.25) is 0 Å². The molecule has 1 N–H and O–H groups in total. The van der Waals surface area contributed by atoms with E-state index < -0.39 is 0 Å². The summed E-state index contributed by atoms with van der Waals surface area (Å²) in [5.41, 5.74) is 1.13. The third-order valence-electron chi connectivity index (χ3n) is 2.27. The Balaban J connectivity index is 2.85. The lowest BCUT2D eigenvalue weighted by atomic mass is 10.1. The molecule has 1 aromatic rings. The van der Waals surface area contributed by atoms with Gasteiger partial charge in [0.25, 0.3) is 0 Å². The molecular weight excluding hydrogens is 202 g/mol. The first kappa shape index (κ1) is 12.8. The lowest BCUT2D eigenvalue weighted by Gasteiger charge is -2.15. The van der Waals surface area contributed by atoms with E-state index in [1.165, 1.54) is 0 Å². The van der Waals surface area contributed by atoms with Gasteiger partial charge in [-0.15, -0.1) is 0 Å². The number of hydrogen-bond acceptors (Lipinski definition) is 3. The molecule has 0 spiro atoms. The molecule has 0 aliphatic heterocycles. The summed E-state index contributed by atoms with van der Waals surface area (Å²) in [5, 5.41) is 3.37. The maximum atomic E-state index is 5.52. The van der Waals surface area contributed by atoms with E-state index in [1.807, 2.05) is 19.1 Å². The Bertz CT molecular complexity index is 324. The van der Waals surface area contributed by atoms with Crippen molar-refractivity contribution in [2.75, 3.05) is 13.7 Å². The highest BCUT2D eigenvalue weighted by atomic mass is 16.5. The van der Waals surface area contributed by atoms with Gasteiger partial charge in [-0.05, 0) is 13.0 Å². The van der Waals surface area contributed by atoms with E-state index in [0.717, 1.165) is 23.6 Å². The van der Waals surface area contributed by atoms with Crippen LogP contribution in [0.1, 0.15) is 26.3 Å². The minimum absolute atomic E-state index is 0.459. The molecule has 3 nitrogen and oxygen atoms in total. The Kier molecular flexibility index (Phi) is 5.12. The Morgan fingerprint density at radius 3 is 2.62 bits per heavy atom. The molecule has 0 radical (unpaired) electrons. The van der Waals surface area contributed by atoms with Gasteiger partial charge in [0.05, 0.1) is 13.7 Å². The van der Waals surface area contributed by atoms with E-state index >= 15 is 0 Å². The topological polar surface area (TPSA) is 30.5 Å². The second-order valence-corrected chi connectivity index (χ2v) is 3.92. The van der Waals surface area contributed by atoms with Gasteiger partial charge in [0.2, 0.25) is 0 Å². The molecule has 0 aliphatic rings. The van der Waals surface area contributed by atoms with Crippen LogP contribution < -0.4 is 14.8 Å². The minimum Gasteiger partial charge on any atom is -0.493 e. The number of hydrogen-bond donors (Lipinski definition) is 1. The van der Waals surface area contributed by atoms with Gasteiger partial charge in [-0.3, -0.25) is 0 Å². The van der Waals surface area contributed by atoms with Gasteiger partial charge in [0.15, 0.2) is 11.5 Å². The summed E-state index contributed by atoms with van der Waals surface area (Å²) in [6, 6.07) is 6.43. The summed E-state index contributed by atoms with van der Waals surface area (Å²) in [6.07, 6.45) is 0. The number of para-hydroxylation sites is 1. The molecule has 3 heteroatoms. The second kappa shape index (κ2) is 6.38. The fourth-order valence-electron chi connectivity index (χ4n) is 1.52. The Labute approximate surface area is 97.8 Å². The zero-order valence-electron chi connectivity index (χ0n) is 10.5. The highest BCUT2D eigenvalue weighted by Gasteiger charge is 2.09. The number of rotatable bonds is 6. The van der Waals surface area contributed by atoms with Crippen LogP contribution in [0.25, 0.3) is 0 Å². The quantitative estimate of drug-likeness (QED) is 0.804. The van der Waals surface area contributed by atoms with E-state index in [4.69, 9.17) is 9.47 Å². The van der Waals surface area contributed by atoms with Crippen LogP contribution in [-0.2, 0) is 6.54 Å². The molecule has 0 bridgehead atoms. The standard InChI is InChI=1S/C13H21NO2/c1-5-16-12-8-6-7-11(13(12)15-4)9-14-10(2)3/h6-8,10,14H,5,9H2,1-4H3. The molecule has 1 rings (SSSR count). The van der Waals surface area contributed by atoms with E-state index in [2.05, 4.69) is 25.2 Å². The van der Waals surface area contributed by atoms with Gasteiger partial charge < -0.3 is 14.8 Å². The third kappa shape index (κ3) is 3.42. The van der Waals surface area contributed by atoms with Gasteiger partial charge in [0, 0.05) is 18.2 Å². The fraction of sp³-hybridized carbons (Fsp3) is 0.538. The molecule has 1 aromatic carbocycles. The zero-order chi connectivity index (χ0) is 12.0. The largest absolute Gasteiger partial charge is 0.493 e. The number of ether oxygens (including phenoxy) is 2. The molecule has 0 fully saturated rings. The predicted molar refractivity (Wildman–Crippen MR) is 66.1 cm³/mol. The average molecular weight is 223 g/mol. The number of methoxy groups -OCH3 is 1. The van der Waals surface area contributed by atoms with Gasteiger partial charge in [-0.1, -0.05) is 26.0 Å². The lowest BCUT2D eigenvalue weighted by Crippen LogP contribution is -2.22. The molecule has 16 heavy (non-hydrogen) atoms. The lowest BCUT2D eigenvalue weighted by molar-refractivity contribution is 0.308. The van der Waals surface area contributed by atoms with Crippen LogP contribution in [0, 0.1) is 0 Å². The molecule has 90 valence electrons. The average Bonchev–Trinajstić information content (AvgIpc) is 2.27. The van der Waals surface area contributed by atoms with Gasteiger partial charge in [-0.25, -0.2) is 0 Å². The molecule has 0 aromatic heterocycles. The first-order valence-electron chi connectivity index (χ1n) is 5.71. The van der Waals surface area contributed by atoms with Crippen molar-refractivity contribution in [2.24, 2.45) is 0 Å². The maximum absolute atomic E-state index is 5.52. The van der Waals surface area contributed by atoms with Crippen LogP contribution in [0.4, 0.5) is 0 Å². The monoisotopic (exact) mass is 223 g/mol. The predicted octanol–water partition coefficient (Wildman–Crippen LogP) is 2.59. The van der Waals surface area contributed by atoms with Crippen molar-refractivity contribution in [1.82, 2.24) is 5.32 Å². The highest BCUT2D eigenvalue weighted by molar-refractivity contribution is 5.46. The Morgan fingerprint density at radius 2 is 2.06 bits per heavy atom. The fourth-order valence-corrected chi connectivity index (χ4v) is 1.52. The van der Waals surface area contributed by atoms with Gasteiger partial charge in [0.1, 0.15) is 0 Å². The van der Waals surface area contributed by atoms with Crippen LogP contribution >= 0.6 is 0 Å². The van der Waals surface area contributed by atoms with Crippen molar-refractivity contribution in [1.29, 1.82) is 0 Å². The first-order chi connectivity index (χ1) is 7.69. The Morgan fingerprint density at radius 1 is 1.31 bits per heavy atom. The van der Waals surface area contributed by atoms with Crippen LogP contribution in [0.5, 0.6) is 11.5 Å². The third-order valence-corrected chi connectivity index (χ3v) is 2.27. The zero-order valence-corrected chi connectivity index (χ0v) is 10.5. The van der Waals surface area contributed by atoms with Crippen molar-refractivity contribution in [3.05, 3.63) is 23.8 Å². The van der Waals surface area contributed by atoms with Crippen LogP contribution in [0.15, 0.2) is 18.2 Å². The van der Waals surface area contributed by atoms with Crippen molar-refractivity contribution in [2.45, 2.75) is 33.4 Å². The summed E-state index contributed by atoms with van der Waals surface area (Å²) >= 11 is 0. The summed E-state index contributed by atoms with van der Waals surface area (Å²) in [4.78, 5) is 0. The maximum Gasteiger partial charge on any atom is 0.165 e. The summed E-state index contributed by atoms with van der Waals surface area (Å²) < 4.78 is 10.9. The molecule has 0 saturated carbocycles. The van der Waals surface area contributed by atoms with E-state index in [1.54, 1.807) is 7.11 Å². The van der Waals surface area contributed by atoms with Crippen molar-refractivity contribution < 1.29 is 9.47 Å². The Hall–Kier alpha value is -1.22. The highest BCUT2D eigenvalue weighted by Crippen LogP contribution is 2.30. The number of benzene rings is 1. The molecule has 0 heterocycles. The normalized spacial score (nSPS) is 10.6. The van der Waals surface area contributed by atoms with Crippen molar-refractivity contribution in [3.63, 3.8) is 0 Å². The molecular formula is C13H21NO2. The van der Waals surface area contributed by atoms with Crippen LogP contribution in [0.3, 0.4) is 0 Å². The molecule has 0 saturated heterocycles. The van der Waals surface area contributed by atoms with Gasteiger partial charge in [-0.2, -0.15) is 0 Å². The van der Waals surface area contributed by atoms with E-state index in [0.29, 0.717) is 12.6 Å². The minimum atomic E-state index is 0.459. The SMILES string of the molecule is CCOc1cccc(CNC(C)C)c1OC. The van der Waals surface area contributed by atoms with Crippen molar-refractivity contribution in [3.8, 4) is 11.5 Å². The first-order valence-corrected chi connectivity index (χ1v) is 5.71. The molecule has 0 atom stereocenters. The smallest absolute Gasteiger partial charge is 0.165 e. The summed E-state index contributed by atoms with van der Waals surface area (Å²) in [6.45, 7) is 7.66. The molecule has 0 amide bonds. The van der Waals surface area contributed by atoms with E-state index in [-0.39, 0.29) is 0 Å². The molecule has 0 unspecified atom stereocenters. The number of nitrogens with one attached hydrogen (secondary N) is 1. The molecule has 0 aliphatic carbocycles. The summed E-state index contributed by atoms with van der Waals surface area (Å²) in [7, 11) is 1.68. The second-order valence-electron chi connectivity index (χ2n) is 3.92. The van der Waals surface area contributed by atoms with Gasteiger partial charge >= 0.3 is 0 Å². The summed E-state index contributed by atoms with van der Waals surface area (Å²) in [5.74, 6) is 1.64.